The van der Waals surface area contributed by atoms with E-state index in [2.05, 4.69) is 10.1 Å². The molecule has 0 atom stereocenters. The van der Waals surface area contributed by atoms with Crippen LogP contribution in [-0.4, -0.2) is 30.2 Å². The maximum Gasteiger partial charge on any atom is 0.329 e. The van der Waals surface area contributed by atoms with Crippen LogP contribution in [0.25, 0.3) is 0 Å². The zero-order chi connectivity index (χ0) is 12.8. The van der Waals surface area contributed by atoms with Gasteiger partial charge in [-0.3, -0.25) is 4.79 Å². The van der Waals surface area contributed by atoms with Gasteiger partial charge in [-0.15, -0.1) is 0 Å². The van der Waals surface area contributed by atoms with Crippen molar-refractivity contribution in [3.8, 4) is 0 Å². The minimum absolute atomic E-state index is 0.0635. The van der Waals surface area contributed by atoms with E-state index in [1.54, 1.807) is 0 Å². The van der Waals surface area contributed by atoms with Gasteiger partial charge in [0.05, 0.1) is 0 Å². The number of anilines is 1. The molecule has 2 N–H and O–H groups in total. The Morgan fingerprint density at radius 3 is 2.29 bits per heavy atom. The maximum atomic E-state index is 12.7. The van der Waals surface area contributed by atoms with Crippen LogP contribution < -0.4 is 5.32 Å². The van der Waals surface area contributed by atoms with Crippen molar-refractivity contribution < 1.29 is 28.2 Å². The maximum absolute atomic E-state index is 12.7. The van der Waals surface area contributed by atoms with E-state index in [0.717, 1.165) is 12.1 Å². The Morgan fingerprint density at radius 2 is 1.76 bits per heavy atom. The van der Waals surface area contributed by atoms with Gasteiger partial charge in [-0.05, 0) is 12.1 Å². The Labute approximate surface area is 95.0 Å². The van der Waals surface area contributed by atoms with Gasteiger partial charge in [-0.1, -0.05) is 0 Å². The van der Waals surface area contributed by atoms with E-state index in [4.69, 9.17) is 5.11 Å². The van der Waals surface area contributed by atoms with Crippen molar-refractivity contribution in [1.82, 2.24) is 0 Å². The molecule has 0 aliphatic rings. The van der Waals surface area contributed by atoms with Gasteiger partial charge in [-0.2, -0.15) is 0 Å². The topological polar surface area (TPSA) is 75.6 Å². The highest BCUT2D eigenvalue weighted by atomic mass is 19.1. The van der Waals surface area contributed by atoms with Crippen LogP contribution in [0, 0.1) is 11.6 Å². The summed E-state index contributed by atoms with van der Waals surface area (Å²) in [5.41, 5.74) is -0.0635. The van der Waals surface area contributed by atoms with Gasteiger partial charge in [0.15, 0.2) is 0 Å². The Balaban J connectivity index is 2.47. The SMILES string of the molecule is O=C(O)COCC(=O)Nc1cc(F)cc(F)c1. The molecule has 17 heavy (non-hydrogen) atoms. The minimum Gasteiger partial charge on any atom is -0.480 e. The van der Waals surface area contributed by atoms with Crippen molar-refractivity contribution >= 4 is 17.6 Å². The molecule has 92 valence electrons. The lowest BCUT2D eigenvalue weighted by molar-refractivity contribution is -0.143. The fourth-order valence-corrected chi connectivity index (χ4v) is 1.05. The zero-order valence-corrected chi connectivity index (χ0v) is 8.57. The summed E-state index contributed by atoms with van der Waals surface area (Å²) < 4.78 is 30.0. The summed E-state index contributed by atoms with van der Waals surface area (Å²) in [4.78, 5) is 21.2. The Morgan fingerprint density at radius 1 is 1.18 bits per heavy atom. The molecular formula is C10H9F2NO4. The highest BCUT2D eigenvalue weighted by Crippen LogP contribution is 2.12. The predicted molar refractivity (Wildman–Crippen MR) is 53.4 cm³/mol. The first-order valence-corrected chi connectivity index (χ1v) is 4.53. The van der Waals surface area contributed by atoms with E-state index >= 15 is 0 Å². The summed E-state index contributed by atoms with van der Waals surface area (Å²) >= 11 is 0. The summed E-state index contributed by atoms with van der Waals surface area (Å²) in [5.74, 6) is -3.57. The van der Waals surface area contributed by atoms with Crippen molar-refractivity contribution in [2.24, 2.45) is 0 Å². The number of carbonyl (C=O) groups excluding carboxylic acids is 1. The molecule has 0 heterocycles. The second kappa shape index (κ2) is 5.90. The monoisotopic (exact) mass is 245 g/mol. The third kappa shape index (κ3) is 5.03. The van der Waals surface area contributed by atoms with Gasteiger partial charge in [0.1, 0.15) is 24.8 Å². The normalized spacial score (nSPS) is 10.0. The molecule has 0 unspecified atom stereocenters. The number of carboxylic acids is 1. The highest BCUT2D eigenvalue weighted by Gasteiger charge is 2.06. The van der Waals surface area contributed by atoms with E-state index < -0.39 is 36.7 Å². The molecule has 1 amide bonds. The molecule has 1 aromatic rings. The molecule has 1 aromatic carbocycles. The van der Waals surface area contributed by atoms with Crippen LogP contribution in [-0.2, 0) is 14.3 Å². The molecule has 0 saturated carbocycles. The first-order chi connectivity index (χ1) is 7.97. The lowest BCUT2D eigenvalue weighted by atomic mass is 10.3. The number of aliphatic carboxylic acids is 1. The van der Waals surface area contributed by atoms with Crippen molar-refractivity contribution in [2.45, 2.75) is 0 Å². The number of benzene rings is 1. The lowest BCUT2D eigenvalue weighted by Gasteiger charge is -2.05. The number of carboxylic acid groups (broad SMARTS) is 1. The fourth-order valence-electron chi connectivity index (χ4n) is 1.05. The van der Waals surface area contributed by atoms with Gasteiger partial charge in [0.2, 0.25) is 5.91 Å². The van der Waals surface area contributed by atoms with Crippen LogP contribution in [0.15, 0.2) is 18.2 Å². The Bertz CT molecular complexity index is 416. The number of hydrogen-bond donors (Lipinski definition) is 2. The van der Waals surface area contributed by atoms with Gasteiger partial charge in [0, 0.05) is 11.8 Å². The number of carbonyl (C=O) groups is 2. The van der Waals surface area contributed by atoms with Gasteiger partial charge < -0.3 is 15.2 Å². The summed E-state index contributed by atoms with van der Waals surface area (Å²) in [7, 11) is 0. The number of rotatable bonds is 5. The number of halogens is 2. The van der Waals surface area contributed by atoms with Gasteiger partial charge >= 0.3 is 5.97 Å². The standard InChI is InChI=1S/C10H9F2NO4/c11-6-1-7(12)3-8(2-6)13-9(14)4-17-5-10(15)16/h1-3H,4-5H2,(H,13,14)(H,15,16). The number of hydrogen-bond acceptors (Lipinski definition) is 3. The molecule has 0 aliphatic carbocycles. The summed E-state index contributed by atoms with van der Waals surface area (Å²) in [6, 6.07) is 2.52. The van der Waals surface area contributed by atoms with Crippen molar-refractivity contribution in [2.75, 3.05) is 18.5 Å². The van der Waals surface area contributed by atoms with Crippen LogP contribution in [0.1, 0.15) is 0 Å². The number of amides is 1. The molecule has 0 bridgehead atoms. The Hall–Kier alpha value is -2.02. The third-order valence-electron chi connectivity index (χ3n) is 1.61. The van der Waals surface area contributed by atoms with Crippen molar-refractivity contribution in [3.05, 3.63) is 29.8 Å². The van der Waals surface area contributed by atoms with Gasteiger partial charge in [-0.25, -0.2) is 13.6 Å². The van der Waals surface area contributed by atoms with E-state index in [-0.39, 0.29) is 5.69 Å². The first kappa shape index (κ1) is 13.0. The van der Waals surface area contributed by atoms with E-state index in [0.29, 0.717) is 6.07 Å². The molecule has 0 radical (unpaired) electrons. The second-order valence-electron chi connectivity index (χ2n) is 3.09. The summed E-state index contributed by atoms with van der Waals surface area (Å²) in [6.07, 6.45) is 0. The van der Waals surface area contributed by atoms with Crippen molar-refractivity contribution in [1.29, 1.82) is 0 Å². The third-order valence-corrected chi connectivity index (χ3v) is 1.61. The van der Waals surface area contributed by atoms with Crippen LogP contribution in [0.2, 0.25) is 0 Å². The predicted octanol–water partition coefficient (Wildman–Crippen LogP) is 1.00. The minimum atomic E-state index is -1.21. The second-order valence-corrected chi connectivity index (χ2v) is 3.09. The van der Waals surface area contributed by atoms with Crippen LogP contribution in [0.5, 0.6) is 0 Å². The molecule has 0 saturated heterocycles. The quantitative estimate of drug-likeness (QED) is 0.811. The van der Waals surface area contributed by atoms with Gasteiger partial charge in [0.25, 0.3) is 0 Å². The molecule has 0 spiro atoms. The van der Waals surface area contributed by atoms with Crippen LogP contribution in [0.4, 0.5) is 14.5 Å². The van der Waals surface area contributed by atoms with Crippen molar-refractivity contribution in [3.63, 3.8) is 0 Å². The number of nitrogens with one attached hydrogen (secondary N) is 1. The lowest BCUT2D eigenvalue weighted by Crippen LogP contribution is -2.20. The summed E-state index contributed by atoms with van der Waals surface area (Å²) in [6.45, 7) is -1.13. The molecule has 5 nitrogen and oxygen atoms in total. The highest BCUT2D eigenvalue weighted by molar-refractivity contribution is 5.91. The number of ether oxygens (including phenoxy) is 1. The molecular weight excluding hydrogens is 236 g/mol. The molecule has 7 heteroatoms. The smallest absolute Gasteiger partial charge is 0.329 e. The molecule has 0 fully saturated rings. The Kier molecular flexibility index (Phi) is 4.53. The average molecular weight is 245 g/mol. The summed E-state index contributed by atoms with van der Waals surface area (Å²) in [5, 5.41) is 10.4. The fraction of sp³-hybridized carbons (Fsp3) is 0.200. The molecule has 1 rings (SSSR count). The van der Waals surface area contributed by atoms with E-state index in [1.807, 2.05) is 0 Å². The van der Waals surface area contributed by atoms with E-state index in [1.165, 1.54) is 0 Å². The molecule has 0 aromatic heterocycles. The average Bonchev–Trinajstić information content (AvgIpc) is 2.14. The largest absolute Gasteiger partial charge is 0.480 e. The van der Waals surface area contributed by atoms with Crippen LogP contribution >= 0.6 is 0 Å². The van der Waals surface area contributed by atoms with Crippen LogP contribution in [0.3, 0.4) is 0 Å². The first-order valence-electron chi connectivity index (χ1n) is 4.53. The van der Waals surface area contributed by atoms with E-state index in [9.17, 15) is 18.4 Å². The molecule has 0 aliphatic heterocycles. The zero-order valence-electron chi connectivity index (χ0n) is 8.57.